The summed E-state index contributed by atoms with van der Waals surface area (Å²) < 4.78 is 5.42. The summed E-state index contributed by atoms with van der Waals surface area (Å²) in [6.07, 6.45) is 0. The molecule has 1 aromatic rings. The normalized spacial score (nSPS) is 24.5. The van der Waals surface area contributed by atoms with Crippen molar-refractivity contribution in [1.29, 1.82) is 5.26 Å². The zero-order valence-corrected chi connectivity index (χ0v) is 14.9. The SMILES string of the molecule is CC1COCCN1CC(=O)N1CCN(C(C#N)c2cccs2)CC1. The minimum absolute atomic E-state index is 0.188. The first-order valence-electron chi connectivity index (χ1n) is 8.45. The van der Waals surface area contributed by atoms with Crippen LogP contribution in [0.5, 0.6) is 0 Å². The minimum atomic E-state index is -0.193. The van der Waals surface area contributed by atoms with E-state index < -0.39 is 0 Å². The zero-order chi connectivity index (χ0) is 16.9. The van der Waals surface area contributed by atoms with Gasteiger partial charge >= 0.3 is 0 Å². The van der Waals surface area contributed by atoms with E-state index in [0.29, 0.717) is 38.9 Å². The van der Waals surface area contributed by atoms with E-state index >= 15 is 0 Å². The highest BCUT2D eigenvalue weighted by Crippen LogP contribution is 2.25. The van der Waals surface area contributed by atoms with Crippen LogP contribution >= 0.6 is 11.3 Å². The third-order valence-corrected chi connectivity index (χ3v) is 5.74. The number of amides is 1. The van der Waals surface area contributed by atoms with Crippen molar-refractivity contribution in [3.05, 3.63) is 22.4 Å². The van der Waals surface area contributed by atoms with Crippen LogP contribution in [0.3, 0.4) is 0 Å². The first-order chi connectivity index (χ1) is 11.7. The van der Waals surface area contributed by atoms with Crippen molar-refractivity contribution in [3.8, 4) is 6.07 Å². The summed E-state index contributed by atoms with van der Waals surface area (Å²) in [5.41, 5.74) is 0. The molecule has 0 aliphatic carbocycles. The van der Waals surface area contributed by atoms with Crippen LogP contribution in [0.25, 0.3) is 0 Å². The van der Waals surface area contributed by atoms with Crippen molar-refractivity contribution in [2.75, 3.05) is 52.5 Å². The standard InChI is InChI=1S/C17H24N4O2S/c1-14-13-23-9-8-21(14)12-17(22)20-6-4-19(5-7-20)15(11-18)16-3-2-10-24-16/h2-3,10,14-15H,4-9,12-13H2,1H3. The molecule has 2 aliphatic rings. The second kappa shape index (κ2) is 8.08. The number of carbonyl (C=O) groups is 1. The van der Waals surface area contributed by atoms with Gasteiger partial charge in [0, 0.05) is 43.6 Å². The largest absolute Gasteiger partial charge is 0.379 e. The Labute approximate surface area is 147 Å². The third-order valence-electron chi connectivity index (χ3n) is 4.81. The fourth-order valence-electron chi connectivity index (χ4n) is 3.27. The second-order valence-corrected chi connectivity index (χ2v) is 7.34. The van der Waals surface area contributed by atoms with Gasteiger partial charge in [0.05, 0.1) is 25.8 Å². The first-order valence-corrected chi connectivity index (χ1v) is 9.33. The molecular formula is C17H24N4O2S. The molecule has 1 aromatic heterocycles. The molecule has 2 saturated heterocycles. The Kier molecular flexibility index (Phi) is 5.85. The number of thiophene rings is 1. The Morgan fingerprint density at radius 1 is 1.42 bits per heavy atom. The summed E-state index contributed by atoms with van der Waals surface area (Å²) >= 11 is 1.62. The van der Waals surface area contributed by atoms with Crippen LogP contribution in [0.15, 0.2) is 17.5 Å². The summed E-state index contributed by atoms with van der Waals surface area (Å²) in [6.45, 7) is 7.69. The molecule has 0 spiro atoms. The van der Waals surface area contributed by atoms with Crippen LogP contribution in [0, 0.1) is 11.3 Å². The van der Waals surface area contributed by atoms with E-state index in [1.807, 2.05) is 22.4 Å². The molecule has 0 aromatic carbocycles. The molecule has 130 valence electrons. The Bertz CT molecular complexity index is 578. The summed E-state index contributed by atoms with van der Waals surface area (Å²) in [6, 6.07) is 6.49. The molecule has 3 rings (SSSR count). The maximum atomic E-state index is 12.5. The van der Waals surface area contributed by atoms with Gasteiger partial charge in [-0.05, 0) is 18.4 Å². The lowest BCUT2D eigenvalue weighted by Gasteiger charge is -2.39. The van der Waals surface area contributed by atoms with Crippen molar-refractivity contribution in [2.24, 2.45) is 0 Å². The van der Waals surface area contributed by atoms with Gasteiger partial charge in [-0.15, -0.1) is 11.3 Å². The molecule has 0 N–H and O–H groups in total. The minimum Gasteiger partial charge on any atom is -0.379 e. The summed E-state index contributed by atoms with van der Waals surface area (Å²) in [5, 5.41) is 11.5. The lowest BCUT2D eigenvalue weighted by Crippen LogP contribution is -2.54. The van der Waals surface area contributed by atoms with E-state index in [1.165, 1.54) is 0 Å². The Morgan fingerprint density at radius 3 is 2.83 bits per heavy atom. The molecule has 0 radical (unpaired) electrons. The van der Waals surface area contributed by atoms with Crippen molar-refractivity contribution in [2.45, 2.75) is 19.0 Å². The van der Waals surface area contributed by atoms with Crippen molar-refractivity contribution in [1.82, 2.24) is 14.7 Å². The van der Waals surface area contributed by atoms with Crippen LogP contribution in [-0.4, -0.2) is 79.1 Å². The fraction of sp³-hybridized carbons (Fsp3) is 0.647. The van der Waals surface area contributed by atoms with Gasteiger partial charge in [0.25, 0.3) is 0 Å². The summed E-state index contributed by atoms with van der Waals surface area (Å²) in [4.78, 5) is 19.9. The Balaban J connectivity index is 1.51. The summed E-state index contributed by atoms with van der Waals surface area (Å²) in [7, 11) is 0. The van der Waals surface area contributed by atoms with Crippen LogP contribution in [0.4, 0.5) is 0 Å². The van der Waals surface area contributed by atoms with Gasteiger partial charge in [0.15, 0.2) is 0 Å². The highest BCUT2D eigenvalue weighted by molar-refractivity contribution is 7.10. The van der Waals surface area contributed by atoms with Gasteiger partial charge in [-0.2, -0.15) is 5.26 Å². The van der Waals surface area contributed by atoms with E-state index in [0.717, 1.165) is 24.5 Å². The molecule has 2 fully saturated rings. The monoisotopic (exact) mass is 348 g/mol. The van der Waals surface area contributed by atoms with Gasteiger partial charge < -0.3 is 9.64 Å². The molecule has 3 heterocycles. The van der Waals surface area contributed by atoms with Crippen molar-refractivity contribution < 1.29 is 9.53 Å². The Morgan fingerprint density at radius 2 is 2.21 bits per heavy atom. The van der Waals surface area contributed by atoms with Gasteiger partial charge in [-0.3, -0.25) is 14.6 Å². The second-order valence-electron chi connectivity index (χ2n) is 6.36. The van der Waals surface area contributed by atoms with Gasteiger partial charge in [0.1, 0.15) is 6.04 Å². The number of hydrogen-bond donors (Lipinski definition) is 0. The predicted octanol–water partition coefficient (Wildman–Crippen LogP) is 1.18. The number of piperazine rings is 1. The number of ether oxygens (including phenoxy) is 1. The van der Waals surface area contributed by atoms with Crippen LogP contribution in [0.2, 0.25) is 0 Å². The number of carbonyl (C=O) groups excluding carboxylic acids is 1. The average molecular weight is 348 g/mol. The number of rotatable bonds is 4. The van der Waals surface area contributed by atoms with E-state index in [9.17, 15) is 10.1 Å². The number of morpholine rings is 1. The predicted molar refractivity (Wildman–Crippen MR) is 92.7 cm³/mol. The van der Waals surface area contributed by atoms with Crippen molar-refractivity contribution in [3.63, 3.8) is 0 Å². The highest BCUT2D eigenvalue weighted by Gasteiger charge is 2.29. The van der Waals surface area contributed by atoms with Crippen molar-refractivity contribution >= 4 is 17.2 Å². The average Bonchev–Trinajstić information content (AvgIpc) is 3.12. The highest BCUT2D eigenvalue weighted by atomic mass is 32.1. The molecular weight excluding hydrogens is 324 g/mol. The lowest BCUT2D eigenvalue weighted by atomic mass is 10.2. The molecule has 7 heteroatoms. The molecule has 1 amide bonds. The van der Waals surface area contributed by atoms with Gasteiger partial charge in [0.2, 0.25) is 5.91 Å². The lowest BCUT2D eigenvalue weighted by molar-refractivity contribution is -0.136. The quantitative estimate of drug-likeness (QED) is 0.818. The van der Waals surface area contributed by atoms with E-state index in [1.54, 1.807) is 11.3 Å². The van der Waals surface area contributed by atoms with Gasteiger partial charge in [-0.1, -0.05) is 6.07 Å². The number of nitriles is 1. The maximum Gasteiger partial charge on any atom is 0.236 e. The van der Waals surface area contributed by atoms with E-state index in [2.05, 4.69) is 22.8 Å². The molecule has 2 aliphatic heterocycles. The molecule has 0 bridgehead atoms. The smallest absolute Gasteiger partial charge is 0.236 e. The van der Waals surface area contributed by atoms with E-state index in [-0.39, 0.29) is 11.9 Å². The number of hydrogen-bond acceptors (Lipinski definition) is 6. The van der Waals surface area contributed by atoms with Crippen LogP contribution < -0.4 is 0 Å². The fourth-order valence-corrected chi connectivity index (χ4v) is 4.07. The third kappa shape index (κ3) is 3.95. The Hall–Kier alpha value is -1.46. The topological polar surface area (TPSA) is 59.8 Å². The molecule has 2 atom stereocenters. The van der Waals surface area contributed by atoms with Gasteiger partial charge in [-0.25, -0.2) is 0 Å². The maximum absolute atomic E-state index is 12.5. The first kappa shape index (κ1) is 17.4. The van der Waals surface area contributed by atoms with Crippen LogP contribution in [0.1, 0.15) is 17.8 Å². The van der Waals surface area contributed by atoms with E-state index in [4.69, 9.17) is 4.74 Å². The number of nitrogens with zero attached hydrogens (tertiary/aromatic N) is 4. The molecule has 24 heavy (non-hydrogen) atoms. The molecule has 0 saturated carbocycles. The van der Waals surface area contributed by atoms with Crippen LogP contribution in [-0.2, 0) is 9.53 Å². The molecule has 6 nitrogen and oxygen atoms in total. The zero-order valence-electron chi connectivity index (χ0n) is 14.1. The summed E-state index contributed by atoms with van der Waals surface area (Å²) in [5.74, 6) is 0.188. The molecule has 2 unspecified atom stereocenters.